The van der Waals surface area contributed by atoms with Crippen LogP contribution in [0.5, 0.6) is 11.5 Å². The van der Waals surface area contributed by atoms with Gasteiger partial charge in [0.15, 0.2) is 0 Å². The summed E-state index contributed by atoms with van der Waals surface area (Å²) in [5.41, 5.74) is 4.61. The molecule has 0 spiro atoms. The molecule has 158 valence electrons. The van der Waals surface area contributed by atoms with Crippen LogP contribution < -0.4 is 9.47 Å². The predicted octanol–water partition coefficient (Wildman–Crippen LogP) is 7.02. The van der Waals surface area contributed by atoms with Crippen molar-refractivity contribution in [2.75, 3.05) is 14.2 Å². The number of para-hydroxylation sites is 1. The summed E-state index contributed by atoms with van der Waals surface area (Å²) < 4.78 is 13.1. The quantitative estimate of drug-likeness (QED) is 0.307. The fourth-order valence-electron chi connectivity index (χ4n) is 3.33. The highest BCUT2D eigenvalue weighted by Crippen LogP contribution is 2.38. The van der Waals surface area contributed by atoms with E-state index in [4.69, 9.17) is 21.1 Å². The molecular weight excluding hydrogens is 408 g/mol. The van der Waals surface area contributed by atoms with Gasteiger partial charge in [0.25, 0.3) is 0 Å². The van der Waals surface area contributed by atoms with Crippen LogP contribution in [0.2, 0.25) is 5.02 Å². The Morgan fingerprint density at radius 2 is 1.55 bits per heavy atom. The molecule has 0 aliphatic carbocycles. The summed E-state index contributed by atoms with van der Waals surface area (Å²) in [6.07, 6.45) is 5.84. The van der Waals surface area contributed by atoms with Crippen molar-refractivity contribution in [3.63, 3.8) is 0 Å². The van der Waals surface area contributed by atoms with Gasteiger partial charge in [-0.1, -0.05) is 73.6 Å². The molecule has 4 nitrogen and oxygen atoms in total. The lowest BCUT2D eigenvalue weighted by Crippen LogP contribution is -2.01. The molecular formula is C26H25ClN2O2. The lowest BCUT2D eigenvalue weighted by molar-refractivity contribution is 0.394. The first-order valence-corrected chi connectivity index (χ1v) is 9.87. The first-order chi connectivity index (χ1) is 14.7. The SMILES string of the molecule is C.COc1cc(OC)c(-c2ccnn2-c2ccccc2Cl)cc1/C=C/c1ccccc1. The van der Waals surface area contributed by atoms with Gasteiger partial charge in [0.05, 0.1) is 36.8 Å². The maximum atomic E-state index is 6.42. The lowest BCUT2D eigenvalue weighted by Gasteiger charge is -2.15. The van der Waals surface area contributed by atoms with Gasteiger partial charge in [0, 0.05) is 17.2 Å². The average Bonchev–Trinajstić information content (AvgIpc) is 3.27. The molecule has 4 aromatic rings. The largest absolute Gasteiger partial charge is 0.496 e. The van der Waals surface area contributed by atoms with Gasteiger partial charge in [-0.15, -0.1) is 0 Å². The third-order valence-corrected chi connectivity index (χ3v) is 5.13. The number of hydrogen-bond acceptors (Lipinski definition) is 3. The summed E-state index contributed by atoms with van der Waals surface area (Å²) in [6.45, 7) is 0. The predicted molar refractivity (Wildman–Crippen MR) is 129 cm³/mol. The summed E-state index contributed by atoms with van der Waals surface area (Å²) in [5.74, 6) is 1.42. The van der Waals surface area contributed by atoms with Crippen molar-refractivity contribution < 1.29 is 9.47 Å². The second kappa shape index (κ2) is 10.0. The number of nitrogens with zero attached hydrogens (tertiary/aromatic N) is 2. The van der Waals surface area contributed by atoms with Crippen LogP contribution in [-0.4, -0.2) is 24.0 Å². The van der Waals surface area contributed by atoms with E-state index >= 15 is 0 Å². The Kier molecular flexibility index (Phi) is 7.16. The standard InChI is InChI=1S/C25H21ClN2O2.CH4/c1-29-24-17-25(30-2)20(16-19(24)13-12-18-8-4-3-5-9-18)22-14-15-27-28(22)23-11-7-6-10-21(23)26;/h3-17H,1-2H3;1H4/b13-12+;. The van der Waals surface area contributed by atoms with E-state index in [0.717, 1.165) is 33.8 Å². The molecule has 4 rings (SSSR count). The number of benzene rings is 3. The average molecular weight is 433 g/mol. The smallest absolute Gasteiger partial charge is 0.131 e. The molecule has 0 amide bonds. The molecule has 31 heavy (non-hydrogen) atoms. The van der Waals surface area contributed by atoms with E-state index in [-0.39, 0.29) is 7.43 Å². The zero-order chi connectivity index (χ0) is 20.9. The van der Waals surface area contributed by atoms with Crippen molar-refractivity contribution in [3.8, 4) is 28.4 Å². The topological polar surface area (TPSA) is 36.3 Å². The van der Waals surface area contributed by atoms with E-state index in [9.17, 15) is 0 Å². The summed E-state index contributed by atoms with van der Waals surface area (Å²) in [4.78, 5) is 0. The molecule has 0 radical (unpaired) electrons. The Morgan fingerprint density at radius 3 is 2.26 bits per heavy atom. The summed E-state index contributed by atoms with van der Waals surface area (Å²) in [6, 6.07) is 23.6. The van der Waals surface area contributed by atoms with Crippen molar-refractivity contribution in [2.45, 2.75) is 7.43 Å². The van der Waals surface area contributed by atoms with Crippen LogP contribution in [-0.2, 0) is 0 Å². The van der Waals surface area contributed by atoms with Crippen molar-refractivity contribution in [1.82, 2.24) is 9.78 Å². The van der Waals surface area contributed by atoms with Gasteiger partial charge in [-0.2, -0.15) is 5.10 Å². The van der Waals surface area contributed by atoms with Gasteiger partial charge in [0.2, 0.25) is 0 Å². The minimum Gasteiger partial charge on any atom is -0.496 e. The molecule has 0 saturated heterocycles. The fraction of sp³-hybridized carbons (Fsp3) is 0.115. The maximum Gasteiger partial charge on any atom is 0.131 e. The van der Waals surface area contributed by atoms with Crippen LogP contribution in [0.1, 0.15) is 18.6 Å². The molecule has 3 aromatic carbocycles. The zero-order valence-electron chi connectivity index (χ0n) is 16.7. The lowest BCUT2D eigenvalue weighted by atomic mass is 10.0. The molecule has 0 aliphatic rings. The minimum absolute atomic E-state index is 0. The van der Waals surface area contributed by atoms with Crippen LogP contribution in [0.4, 0.5) is 0 Å². The van der Waals surface area contributed by atoms with E-state index in [0.29, 0.717) is 10.8 Å². The second-order valence-electron chi connectivity index (χ2n) is 6.62. The molecule has 5 heteroatoms. The van der Waals surface area contributed by atoms with Gasteiger partial charge in [0.1, 0.15) is 11.5 Å². The highest BCUT2D eigenvalue weighted by Gasteiger charge is 2.17. The van der Waals surface area contributed by atoms with E-state index in [1.807, 2.05) is 71.4 Å². The molecule has 0 aliphatic heterocycles. The molecule has 1 aromatic heterocycles. The van der Waals surface area contributed by atoms with E-state index in [2.05, 4.69) is 23.3 Å². The monoisotopic (exact) mass is 432 g/mol. The van der Waals surface area contributed by atoms with Gasteiger partial charge in [-0.25, -0.2) is 4.68 Å². The van der Waals surface area contributed by atoms with E-state index in [1.165, 1.54) is 0 Å². The van der Waals surface area contributed by atoms with Crippen molar-refractivity contribution in [1.29, 1.82) is 0 Å². The van der Waals surface area contributed by atoms with E-state index < -0.39 is 0 Å². The van der Waals surface area contributed by atoms with Crippen molar-refractivity contribution >= 4 is 23.8 Å². The van der Waals surface area contributed by atoms with Crippen molar-refractivity contribution in [3.05, 3.63) is 95.1 Å². The number of aromatic nitrogens is 2. The van der Waals surface area contributed by atoms with Gasteiger partial charge in [-0.05, 0) is 29.8 Å². The van der Waals surface area contributed by atoms with Crippen LogP contribution in [0, 0.1) is 0 Å². The third-order valence-electron chi connectivity index (χ3n) is 4.81. The Bertz CT molecular complexity index is 1180. The minimum atomic E-state index is 0. The zero-order valence-corrected chi connectivity index (χ0v) is 17.5. The molecule has 0 bridgehead atoms. The molecule has 0 saturated carbocycles. The summed E-state index contributed by atoms with van der Waals surface area (Å²) in [5, 5.41) is 5.12. The third kappa shape index (κ3) is 4.65. The maximum absolute atomic E-state index is 6.42. The van der Waals surface area contributed by atoms with Gasteiger partial charge in [-0.3, -0.25) is 0 Å². The Morgan fingerprint density at radius 1 is 0.839 bits per heavy atom. The number of hydrogen-bond donors (Lipinski definition) is 0. The Balaban J connectivity index is 0.00000272. The molecule has 0 atom stereocenters. The molecule has 0 N–H and O–H groups in total. The molecule has 1 heterocycles. The normalized spacial score (nSPS) is 10.7. The Hall–Kier alpha value is -3.50. The fourth-order valence-corrected chi connectivity index (χ4v) is 3.54. The van der Waals surface area contributed by atoms with Crippen molar-refractivity contribution in [2.24, 2.45) is 0 Å². The van der Waals surface area contributed by atoms with E-state index in [1.54, 1.807) is 20.4 Å². The number of ether oxygens (including phenoxy) is 2. The number of methoxy groups -OCH3 is 2. The van der Waals surface area contributed by atoms with Crippen LogP contribution in [0.25, 0.3) is 29.1 Å². The summed E-state index contributed by atoms with van der Waals surface area (Å²) >= 11 is 6.42. The van der Waals surface area contributed by atoms with Crippen LogP contribution in [0.15, 0.2) is 79.0 Å². The van der Waals surface area contributed by atoms with Gasteiger partial charge >= 0.3 is 0 Å². The molecule has 0 unspecified atom stereocenters. The number of halogens is 1. The first kappa shape index (κ1) is 22.2. The Labute approximate surface area is 188 Å². The highest BCUT2D eigenvalue weighted by atomic mass is 35.5. The van der Waals surface area contributed by atoms with Gasteiger partial charge < -0.3 is 9.47 Å². The van der Waals surface area contributed by atoms with Crippen LogP contribution in [0.3, 0.4) is 0 Å². The van der Waals surface area contributed by atoms with Crippen LogP contribution >= 0.6 is 11.6 Å². The number of rotatable bonds is 6. The molecule has 0 fully saturated rings. The first-order valence-electron chi connectivity index (χ1n) is 9.49. The highest BCUT2D eigenvalue weighted by molar-refractivity contribution is 6.32. The second-order valence-corrected chi connectivity index (χ2v) is 7.03. The summed E-state index contributed by atoms with van der Waals surface area (Å²) in [7, 11) is 3.30.